The Bertz CT molecular complexity index is 1230. The first-order chi connectivity index (χ1) is 14.8. The first kappa shape index (κ1) is 20.5. The second kappa shape index (κ2) is 8.16. The van der Waals surface area contributed by atoms with Crippen molar-refractivity contribution >= 4 is 23.2 Å². The van der Waals surface area contributed by atoms with Crippen molar-refractivity contribution in [3.05, 3.63) is 78.1 Å². The van der Waals surface area contributed by atoms with E-state index in [1.807, 2.05) is 38.1 Å². The fourth-order valence-corrected chi connectivity index (χ4v) is 3.07. The number of carbonyl (C=O) groups is 1. The molecule has 2 heterocycles. The molecule has 2 aromatic carbocycles. The molecule has 0 fully saturated rings. The fourth-order valence-electron chi connectivity index (χ4n) is 3.07. The Balaban J connectivity index is 1.53. The lowest BCUT2D eigenvalue weighted by molar-refractivity contribution is 0.0946. The van der Waals surface area contributed by atoms with E-state index in [4.69, 9.17) is 5.73 Å². The monoisotopic (exact) mass is 418 g/mol. The highest BCUT2D eigenvalue weighted by Crippen LogP contribution is 2.22. The van der Waals surface area contributed by atoms with E-state index >= 15 is 0 Å². The van der Waals surface area contributed by atoms with Crippen molar-refractivity contribution in [1.29, 1.82) is 0 Å². The van der Waals surface area contributed by atoms with Gasteiger partial charge in [0.15, 0.2) is 5.65 Å². The number of carbonyl (C=O) groups excluding carboxylic acids is 1. The quantitative estimate of drug-likeness (QED) is 0.443. The maximum Gasteiger partial charge on any atom is 0.251 e. The van der Waals surface area contributed by atoms with Crippen LogP contribution in [0.3, 0.4) is 0 Å². The van der Waals surface area contributed by atoms with Crippen molar-refractivity contribution in [1.82, 2.24) is 19.9 Å². The van der Waals surface area contributed by atoms with Crippen LogP contribution < -0.4 is 16.4 Å². The summed E-state index contributed by atoms with van der Waals surface area (Å²) in [5, 5.41) is 10.5. The van der Waals surface area contributed by atoms with Gasteiger partial charge in [0.05, 0.1) is 5.69 Å². The van der Waals surface area contributed by atoms with Crippen LogP contribution in [0, 0.1) is 5.82 Å². The standard InChI is InChI=1S/C23H23FN6O/c1-23(2,25)14-26-21(31)15-9-11-18(12-10-15)27-22-28-20-8-4-7-19(30(20)29-22)16-5-3-6-17(24)13-16/h3-13H,14,25H2,1-2H3,(H,26,31)(H,27,29). The molecule has 4 N–H and O–H groups in total. The number of aromatic nitrogens is 3. The molecule has 7 nitrogen and oxygen atoms in total. The SMILES string of the molecule is CC(C)(N)CNC(=O)c1ccc(Nc2nc3cccc(-c4cccc(F)c4)n3n2)cc1. The van der Waals surface area contributed by atoms with Gasteiger partial charge in [-0.15, -0.1) is 5.10 Å². The van der Waals surface area contributed by atoms with E-state index in [0.29, 0.717) is 29.3 Å². The van der Waals surface area contributed by atoms with Gasteiger partial charge in [0.1, 0.15) is 5.82 Å². The lowest BCUT2D eigenvalue weighted by atomic mass is 10.1. The zero-order chi connectivity index (χ0) is 22.0. The van der Waals surface area contributed by atoms with E-state index in [0.717, 1.165) is 11.4 Å². The van der Waals surface area contributed by atoms with Crippen LogP contribution in [-0.4, -0.2) is 32.6 Å². The van der Waals surface area contributed by atoms with Crippen LogP contribution in [-0.2, 0) is 0 Å². The Morgan fingerprint density at radius 3 is 2.55 bits per heavy atom. The summed E-state index contributed by atoms with van der Waals surface area (Å²) in [6.07, 6.45) is 0. The first-order valence-corrected chi connectivity index (χ1v) is 9.84. The molecule has 0 saturated heterocycles. The second-order valence-electron chi connectivity index (χ2n) is 8.00. The molecular formula is C23H23FN6O. The van der Waals surface area contributed by atoms with Crippen molar-refractivity contribution in [2.75, 3.05) is 11.9 Å². The highest BCUT2D eigenvalue weighted by atomic mass is 19.1. The van der Waals surface area contributed by atoms with Crippen LogP contribution in [0.5, 0.6) is 0 Å². The number of benzene rings is 2. The fraction of sp³-hybridized carbons (Fsp3) is 0.174. The molecular weight excluding hydrogens is 395 g/mol. The van der Waals surface area contributed by atoms with Gasteiger partial charge in [-0.3, -0.25) is 4.79 Å². The molecule has 2 aromatic heterocycles. The number of hydrogen-bond acceptors (Lipinski definition) is 5. The first-order valence-electron chi connectivity index (χ1n) is 9.84. The van der Waals surface area contributed by atoms with Gasteiger partial charge in [-0.05, 0) is 62.4 Å². The minimum absolute atomic E-state index is 0.185. The lowest BCUT2D eigenvalue weighted by Crippen LogP contribution is -2.45. The minimum Gasteiger partial charge on any atom is -0.350 e. The number of nitrogens with two attached hydrogens (primary N) is 1. The smallest absolute Gasteiger partial charge is 0.251 e. The molecule has 158 valence electrons. The summed E-state index contributed by atoms with van der Waals surface area (Å²) >= 11 is 0. The predicted molar refractivity (Wildman–Crippen MR) is 119 cm³/mol. The maximum atomic E-state index is 13.6. The number of rotatable bonds is 6. The van der Waals surface area contributed by atoms with Crippen LogP contribution in [0.2, 0.25) is 0 Å². The summed E-state index contributed by atoms with van der Waals surface area (Å²) in [7, 11) is 0. The van der Waals surface area contributed by atoms with Crippen LogP contribution >= 0.6 is 0 Å². The van der Waals surface area contributed by atoms with Gasteiger partial charge in [-0.25, -0.2) is 8.91 Å². The zero-order valence-electron chi connectivity index (χ0n) is 17.3. The Labute approximate surface area is 179 Å². The molecule has 0 radical (unpaired) electrons. The van der Waals surface area contributed by atoms with E-state index in [1.165, 1.54) is 12.1 Å². The second-order valence-corrected chi connectivity index (χ2v) is 8.00. The molecule has 8 heteroatoms. The Kier molecular flexibility index (Phi) is 5.39. The van der Waals surface area contributed by atoms with Crippen LogP contribution in [0.25, 0.3) is 16.9 Å². The molecule has 4 rings (SSSR count). The van der Waals surface area contributed by atoms with Crippen molar-refractivity contribution in [3.8, 4) is 11.3 Å². The highest BCUT2D eigenvalue weighted by Gasteiger charge is 2.14. The highest BCUT2D eigenvalue weighted by molar-refractivity contribution is 5.94. The number of nitrogens with zero attached hydrogens (tertiary/aromatic N) is 3. The van der Waals surface area contributed by atoms with Gasteiger partial charge in [0, 0.05) is 28.9 Å². The lowest BCUT2D eigenvalue weighted by Gasteiger charge is -2.18. The zero-order valence-corrected chi connectivity index (χ0v) is 17.3. The summed E-state index contributed by atoms with van der Waals surface area (Å²) in [6, 6.07) is 18.9. The molecule has 0 aliphatic rings. The molecule has 0 aliphatic carbocycles. The molecule has 1 amide bonds. The molecule has 0 bridgehead atoms. The van der Waals surface area contributed by atoms with Gasteiger partial charge < -0.3 is 16.4 Å². The number of anilines is 2. The van der Waals surface area contributed by atoms with Crippen molar-refractivity contribution < 1.29 is 9.18 Å². The topological polar surface area (TPSA) is 97.3 Å². The molecule has 4 aromatic rings. The average Bonchev–Trinajstić information content (AvgIpc) is 3.14. The van der Waals surface area contributed by atoms with E-state index in [9.17, 15) is 9.18 Å². The Morgan fingerprint density at radius 1 is 1.10 bits per heavy atom. The van der Waals surface area contributed by atoms with Gasteiger partial charge in [-0.2, -0.15) is 4.98 Å². The number of fused-ring (bicyclic) bond motifs is 1. The van der Waals surface area contributed by atoms with E-state index in [1.54, 1.807) is 34.8 Å². The van der Waals surface area contributed by atoms with Gasteiger partial charge in [-0.1, -0.05) is 18.2 Å². The third-order valence-corrected chi connectivity index (χ3v) is 4.59. The van der Waals surface area contributed by atoms with Crippen LogP contribution in [0.15, 0.2) is 66.7 Å². The molecule has 0 unspecified atom stereocenters. The van der Waals surface area contributed by atoms with Crippen molar-refractivity contribution in [2.45, 2.75) is 19.4 Å². The van der Waals surface area contributed by atoms with Gasteiger partial charge >= 0.3 is 0 Å². The number of pyridine rings is 1. The maximum absolute atomic E-state index is 13.6. The summed E-state index contributed by atoms with van der Waals surface area (Å²) in [6.45, 7) is 4.08. The summed E-state index contributed by atoms with van der Waals surface area (Å²) in [5.74, 6) is -0.103. The van der Waals surface area contributed by atoms with Gasteiger partial charge in [0.2, 0.25) is 5.95 Å². The average molecular weight is 418 g/mol. The number of amides is 1. The Morgan fingerprint density at radius 2 is 1.84 bits per heavy atom. The molecule has 0 aliphatic heterocycles. The Hall–Kier alpha value is -3.78. The number of halogens is 1. The largest absolute Gasteiger partial charge is 0.350 e. The van der Waals surface area contributed by atoms with E-state index < -0.39 is 5.54 Å². The summed E-state index contributed by atoms with van der Waals surface area (Å²) in [4.78, 5) is 16.7. The minimum atomic E-state index is -0.476. The third-order valence-electron chi connectivity index (χ3n) is 4.59. The van der Waals surface area contributed by atoms with Crippen molar-refractivity contribution in [2.24, 2.45) is 5.73 Å². The normalized spacial score (nSPS) is 11.5. The van der Waals surface area contributed by atoms with E-state index in [2.05, 4.69) is 20.7 Å². The summed E-state index contributed by atoms with van der Waals surface area (Å²) < 4.78 is 15.3. The van der Waals surface area contributed by atoms with Crippen LogP contribution in [0.1, 0.15) is 24.2 Å². The van der Waals surface area contributed by atoms with Gasteiger partial charge in [0.25, 0.3) is 5.91 Å². The van der Waals surface area contributed by atoms with Crippen LogP contribution in [0.4, 0.5) is 16.0 Å². The number of hydrogen-bond donors (Lipinski definition) is 3. The predicted octanol–water partition coefficient (Wildman–Crippen LogP) is 3.75. The molecule has 31 heavy (non-hydrogen) atoms. The summed E-state index contributed by atoms with van der Waals surface area (Å²) in [5.41, 5.74) is 8.76. The number of nitrogens with one attached hydrogen (secondary N) is 2. The van der Waals surface area contributed by atoms with Crippen molar-refractivity contribution in [3.63, 3.8) is 0 Å². The molecule has 0 spiro atoms. The van der Waals surface area contributed by atoms with E-state index in [-0.39, 0.29) is 11.7 Å². The molecule has 0 atom stereocenters. The third kappa shape index (κ3) is 4.87. The molecule has 0 saturated carbocycles.